The normalized spacial score (nSPS) is 23.5. The van der Waals surface area contributed by atoms with Crippen molar-refractivity contribution in [1.29, 1.82) is 0 Å². The number of likely N-dealkylation sites (tertiary alicyclic amines) is 1. The smallest absolute Gasteiger partial charge is 0.407 e. The van der Waals surface area contributed by atoms with E-state index in [1.165, 1.54) is 17.6 Å². The van der Waals surface area contributed by atoms with Gasteiger partial charge >= 0.3 is 6.09 Å². The number of nitrogens with one attached hydrogen (secondary N) is 1. The first-order valence-electron chi connectivity index (χ1n) is 9.64. The first-order valence-corrected chi connectivity index (χ1v) is 9.64. The number of hydrogen-bond acceptors (Lipinski definition) is 3. The van der Waals surface area contributed by atoms with E-state index < -0.39 is 6.09 Å². The molecule has 0 aromatic heterocycles. The maximum absolute atomic E-state index is 12.5. The number of allylic oxidation sites excluding steroid dienone is 3. The number of carbonyl (C=O) groups excluding carboxylic acids is 2. The second kappa shape index (κ2) is 7.85. The predicted molar refractivity (Wildman–Crippen MR) is 104 cm³/mol. The molecule has 2 amide bonds. The molecular formula is C21H34N2O3. The van der Waals surface area contributed by atoms with Crippen LogP contribution in [-0.2, 0) is 9.53 Å². The SMILES string of the molecule is CC1=C(C=CC(=O)N2CC[C@@H](OC(=O)NC(C)(C)C)C2)C(C)(C)CCC1. The Bertz CT molecular complexity index is 611. The molecule has 0 aromatic rings. The summed E-state index contributed by atoms with van der Waals surface area (Å²) in [5, 5.41) is 2.79. The zero-order chi connectivity index (χ0) is 19.5. The minimum Gasteiger partial charge on any atom is -0.444 e. The maximum Gasteiger partial charge on any atom is 0.407 e. The highest BCUT2D eigenvalue weighted by Gasteiger charge is 2.30. The third-order valence-corrected chi connectivity index (χ3v) is 5.14. The van der Waals surface area contributed by atoms with Gasteiger partial charge in [0.2, 0.25) is 5.91 Å². The molecule has 1 aliphatic heterocycles. The van der Waals surface area contributed by atoms with Gasteiger partial charge in [0, 0.05) is 24.6 Å². The second-order valence-corrected chi connectivity index (χ2v) is 9.24. The highest BCUT2D eigenvalue weighted by atomic mass is 16.6. The van der Waals surface area contributed by atoms with E-state index >= 15 is 0 Å². The monoisotopic (exact) mass is 362 g/mol. The second-order valence-electron chi connectivity index (χ2n) is 9.24. The average Bonchev–Trinajstić information content (AvgIpc) is 2.92. The molecule has 1 aliphatic carbocycles. The van der Waals surface area contributed by atoms with Gasteiger partial charge in [0.15, 0.2) is 0 Å². The van der Waals surface area contributed by atoms with Crippen LogP contribution >= 0.6 is 0 Å². The van der Waals surface area contributed by atoms with Crippen LogP contribution in [0.3, 0.4) is 0 Å². The summed E-state index contributed by atoms with van der Waals surface area (Å²) >= 11 is 0. The number of amides is 2. The molecule has 5 heteroatoms. The molecule has 0 bridgehead atoms. The van der Waals surface area contributed by atoms with Crippen molar-refractivity contribution < 1.29 is 14.3 Å². The van der Waals surface area contributed by atoms with Gasteiger partial charge in [0.05, 0.1) is 6.54 Å². The number of carbonyl (C=O) groups is 2. The van der Waals surface area contributed by atoms with Gasteiger partial charge in [0.1, 0.15) is 6.10 Å². The number of hydrogen-bond donors (Lipinski definition) is 1. The molecule has 0 saturated carbocycles. The van der Waals surface area contributed by atoms with Crippen molar-refractivity contribution in [2.45, 2.75) is 78.9 Å². The summed E-state index contributed by atoms with van der Waals surface area (Å²) in [6, 6.07) is 0. The standard InChI is InChI=1S/C21H34N2O3/c1-15-8-7-12-21(5,6)17(15)9-10-18(24)23-13-11-16(14-23)26-19(25)22-20(2,3)4/h9-10,16H,7-8,11-14H2,1-6H3,(H,22,25)/t16-/m1/s1. The summed E-state index contributed by atoms with van der Waals surface area (Å²) in [4.78, 5) is 26.2. The van der Waals surface area contributed by atoms with Gasteiger partial charge in [-0.3, -0.25) is 4.79 Å². The Labute approximate surface area is 157 Å². The molecule has 5 nitrogen and oxygen atoms in total. The van der Waals surface area contributed by atoms with Crippen LogP contribution < -0.4 is 5.32 Å². The van der Waals surface area contributed by atoms with Gasteiger partial charge in [-0.15, -0.1) is 0 Å². The Kier molecular flexibility index (Phi) is 6.20. The number of nitrogens with zero attached hydrogens (tertiary/aromatic N) is 1. The van der Waals surface area contributed by atoms with Gasteiger partial charge in [0.25, 0.3) is 0 Å². The first-order chi connectivity index (χ1) is 12.0. The lowest BCUT2D eigenvalue weighted by atomic mass is 9.72. The van der Waals surface area contributed by atoms with Gasteiger partial charge in [-0.05, 0) is 57.9 Å². The van der Waals surface area contributed by atoms with E-state index in [0.717, 1.165) is 12.8 Å². The summed E-state index contributed by atoms with van der Waals surface area (Å²) in [7, 11) is 0. The van der Waals surface area contributed by atoms with E-state index in [1.54, 1.807) is 11.0 Å². The van der Waals surface area contributed by atoms with Crippen LogP contribution in [0.1, 0.15) is 67.2 Å². The summed E-state index contributed by atoms with van der Waals surface area (Å²) in [6.45, 7) is 13.5. The summed E-state index contributed by atoms with van der Waals surface area (Å²) in [5.74, 6) is -0.00555. The third-order valence-electron chi connectivity index (χ3n) is 5.14. The fourth-order valence-electron chi connectivity index (χ4n) is 3.78. The topological polar surface area (TPSA) is 58.6 Å². The molecule has 1 N–H and O–H groups in total. The Hall–Kier alpha value is -1.78. The van der Waals surface area contributed by atoms with E-state index in [4.69, 9.17) is 4.74 Å². The molecule has 2 rings (SSSR count). The van der Waals surface area contributed by atoms with Crippen molar-refractivity contribution in [1.82, 2.24) is 10.2 Å². The van der Waals surface area contributed by atoms with Crippen molar-refractivity contribution in [2.24, 2.45) is 5.41 Å². The van der Waals surface area contributed by atoms with Gasteiger partial charge in [-0.25, -0.2) is 4.79 Å². The van der Waals surface area contributed by atoms with Gasteiger partial charge in [-0.1, -0.05) is 25.5 Å². The van der Waals surface area contributed by atoms with Crippen molar-refractivity contribution in [3.63, 3.8) is 0 Å². The number of rotatable bonds is 3. The third kappa shape index (κ3) is 5.61. The van der Waals surface area contributed by atoms with Crippen molar-refractivity contribution in [3.05, 3.63) is 23.3 Å². The van der Waals surface area contributed by atoms with Crippen LogP contribution in [0.15, 0.2) is 23.3 Å². The molecule has 1 fully saturated rings. The van der Waals surface area contributed by atoms with E-state index in [1.807, 2.05) is 26.8 Å². The quantitative estimate of drug-likeness (QED) is 0.766. The lowest BCUT2D eigenvalue weighted by Crippen LogP contribution is -2.42. The number of ether oxygens (including phenoxy) is 1. The molecule has 1 heterocycles. The van der Waals surface area contributed by atoms with Gasteiger partial charge in [-0.2, -0.15) is 0 Å². The zero-order valence-corrected chi connectivity index (χ0v) is 17.1. The van der Waals surface area contributed by atoms with Crippen molar-refractivity contribution in [3.8, 4) is 0 Å². The van der Waals surface area contributed by atoms with Crippen LogP contribution in [0.2, 0.25) is 0 Å². The lowest BCUT2D eigenvalue weighted by molar-refractivity contribution is -0.125. The number of alkyl carbamates (subject to hydrolysis) is 1. The van der Waals surface area contributed by atoms with Crippen LogP contribution in [-0.4, -0.2) is 41.6 Å². The molecule has 2 aliphatic rings. The fraction of sp³-hybridized carbons (Fsp3) is 0.714. The van der Waals surface area contributed by atoms with Crippen molar-refractivity contribution >= 4 is 12.0 Å². The van der Waals surface area contributed by atoms with Crippen LogP contribution in [0, 0.1) is 5.41 Å². The highest BCUT2D eigenvalue weighted by Crippen LogP contribution is 2.40. The summed E-state index contributed by atoms with van der Waals surface area (Å²) in [6.07, 6.45) is 7.19. The summed E-state index contributed by atoms with van der Waals surface area (Å²) in [5.41, 5.74) is 2.47. The lowest BCUT2D eigenvalue weighted by Gasteiger charge is -2.33. The van der Waals surface area contributed by atoms with E-state index in [-0.39, 0.29) is 23.0 Å². The molecule has 1 saturated heterocycles. The Morgan fingerprint density at radius 1 is 1.31 bits per heavy atom. The van der Waals surface area contributed by atoms with Crippen molar-refractivity contribution in [2.75, 3.05) is 13.1 Å². The molecule has 0 radical (unpaired) electrons. The van der Waals surface area contributed by atoms with Crippen LogP contribution in [0.5, 0.6) is 0 Å². The molecule has 0 spiro atoms. The van der Waals surface area contributed by atoms with Crippen LogP contribution in [0.4, 0.5) is 4.79 Å². The zero-order valence-electron chi connectivity index (χ0n) is 17.1. The van der Waals surface area contributed by atoms with E-state index in [2.05, 4.69) is 26.1 Å². The first kappa shape index (κ1) is 20.5. The fourth-order valence-corrected chi connectivity index (χ4v) is 3.78. The molecule has 0 unspecified atom stereocenters. The van der Waals surface area contributed by atoms with Gasteiger partial charge < -0.3 is 15.0 Å². The molecule has 26 heavy (non-hydrogen) atoms. The van der Waals surface area contributed by atoms with E-state index in [0.29, 0.717) is 19.5 Å². The minimum atomic E-state index is -0.419. The summed E-state index contributed by atoms with van der Waals surface area (Å²) < 4.78 is 5.44. The minimum absolute atomic E-state index is 0.00555. The predicted octanol–water partition coefficient (Wildman–Crippen LogP) is 4.19. The Balaban J connectivity index is 1.90. The molecular weight excluding hydrogens is 328 g/mol. The molecule has 1 atom stereocenters. The average molecular weight is 363 g/mol. The molecule has 146 valence electrons. The van der Waals surface area contributed by atoms with E-state index in [9.17, 15) is 9.59 Å². The Morgan fingerprint density at radius 3 is 2.62 bits per heavy atom. The maximum atomic E-state index is 12.5. The highest BCUT2D eigenvalue weighted by molar-refractivity contribution is 5.88. The largest absolute Gasteiger partial charge is 0.444 e. The molecule has 0 aromatic carbocycles. The van der Waals surface area contributed by atoms with Crippen LogP contribution in [0.25, 0.3) is 0 Å². The Morgan fingerprint density at radius 2 is 2.00 bits per heavy atom.